The molecule has 0 amide bonds. The quantitative estimate of drug-likeness (QED) is 0.553. The van der Waals surface area contributed by atoms with Crippen molar-refractivity contribution < 1.29 is 34.3 Å². The lowest BCUT2D eigenvalue weighted by Crippen LogP contribution is -2.83. The minimum atomic E-state index is -1.34. The van der Waals surface area contributed by atoms with Crippen molar-refractivity contribution in [1.29, 1.82) is 0 Å². The Morgan fingerprint density at radius 1 is 0.900 bits per heavy atom. The van der Waals surface area contributed by atoms with Gasteiger partial charge in [-0.05, 0) is 13.8 Å². The zero-order chi connectivity index (χ0) is 14.5. The first-order valence-corrected chi connectivity index (χ1v) is 6.96. The number of rotatable bonds is 2. The largest absolute Gasteiger partial charge is 0.387 e. The van der Waals surface area contributed by atoms with Crippen LogP contribution in [0.1, 0.15) is 27.2 Å². The number of epoxide rings is 1. The van der Waals surface area contributed by atoms with Gasteiger partial charge in [-0.15, -0.1) is 0 Å². The average molecular weight is 288 g/mol. The summed E-state index contributed by atoms with van der Waals surface area (Å²) < 4.78 is 22.3. The third-order valence-corrected chi connectivity index (χ3v) is 5.04. The molecule has 0 aromatic rings. The van der Waals surface area contributed by atoms with E-state index in [-0.39, 0.29) is 11.7 Å². The summed E-state index contributed by atoms with van der Waals surface area (Å²) in [5, 5.41) is 31.1. The summed E-state index contributed by atoms with van der Waals surface area (Å²) in [4.78, 5) is 0. The average Bonchev–Trinajstić information content (AvgIpc) is 2.94. The number of ether oxygens (including phenoxy) is 4. The summed E-state index contributed by atoms with van der Waals surface area (Å²) in [6.45, 7) is 5.48. The van der Waals surface area contributed by atoms with Crippen molar-refractivity contribution in [3.63, 3.8) is 0 Å². The SMILES string of the molecule is CC12OC3C(O)C(O1)C(O)C(C[C@H]1OC1(C)C)(O2)C3O. The van der Waals surface area contributed by atoms with E-state index in [1.54, 1.807) is 6.92 Å². The van der Waals surface area contributed by atoms with Crippen LogP contribution in [-0.4, -0.2) is 69.1 Å². The van der Waals surface area contributed by atoms with Crippen molar-refractivity contribution in [2.75, 3.05) is 0 Å². The lowest BCUT2D eigenvalue weighted by molar-refractivity contribution is -0.556. The first-order chi connectivity index (χ1) is 9.19. The van der Waals surface area contributed by atoms with E-state index in [0.717, 1.165) is 0 Å². The van der Waals surface area contributed by atoms with Gasteiger partial charge in [-0.3, -0.25) is 0 Å². The van der Waals surface area contributed by atoms with Gasteiger partial charge in [0, 0.05) is 13.3 Å². The van der Waals surface area contributed by atoms with Gasteiger partial charge in [-0.2, -0.15) is 0 Å². The Bertz CT molecular complexity index is 430. The highest BCUT2D eigenvalue weighted by Crippen LogP contribution is 2.55. The number of aliphatic hydroxyl groups excluding tert-OH is 3. The van der Waals surface area contributed by atoms with Gasteiger partial charge in [0.25, 0.3) is 5.97 Å². The molecule has 20 heavy (non-hydrogen) atoms. The van der Waals surface area contributed by atoms with Crippen LogP contribution >= 0.6 is 0 Å². The summed E-state index contributed by atoms with van der Waals surface area (Å²) in [5.74, 6) is -1.34. The van der Waals surface area contributed by atoms with Crippen LogP contribution in [0.4, 0.5) is 0 Å². The van der Waals surface area contributed by atoms with E-state index in [1.807, 2.05) is 13.8 Å². The molecular weight excluding hydrogens is 268 g/mol. The van der Waals surface area contributed by atoms with E-state index in [4.69, 9.17) is 18.9 Å². The van der Waals surface area contributed by atoms with Crippen molar-refractivity contribution in [3.8, 4) is 0 Å². The second kappa shape index (κ2) is 3.55. The zero-order valence-electron chi connectivity index (χ0n) is 11.6. The van der Waals surface area contributed by atoms with Crippen molar-refractivity contribution in [2.45, 2.75) is 81.0 Å². The van der Waals surface area contributed by atoms with Gasteiger partial charge in [0.05, 0.1) is 11.7 Å². The fourth-order valence-corrected chi connectivity index (χ4v) is 3.79. The van der Waals surface area contributed by atoms with Gasteiger partial charge in [0.2, 0.25) is 0 Å². The minimum Gasteiger partial charge on any atom is -0.387 e. The topological polar surface area (TPSA) is 101 Å². The molecule has 4 bridgehead atoms. The van der Waals surface area contributed by atoms with Gasteiger partial charge in [0.15, 0.2) is 0 Å². The second-order valence-corrected chi connectivity index (χ2v) is 6.88. The molecule has 5 atom stereocenters. The molecule has 4 saturated heterocycles. The van der Waals surface area contributed by atoms with Crippen LogP contribution in [0, 0.1) is 0 Å². The third kappa shape index (κ3) is 1.49. The Labute approximate surface area is 116 Å². The molecule has 114 valence electrons. The van der Waals surface area contributed by atoms with Crippen LogP contribution in [0.25, 0.3) is 0 Å². The lowest BCUT2D eigenvalue weighted by atomic mass is 9.69. The molecule has 7 heteroatoms. The highest BCUT2D eigenvalue weighted by molar-refractivity contribution is 5.18. The van der Waals surface area contributed by atoms with Crippen LogP contribution < -0.4 is 0 Å². The summed E-state index contributed by atoms with van der Waals surface area (Å²) in [6.07, 6.45) is -4.73. The van der Waals surface area contributed by atoms with Gasteiger partial charge in [-0.1, -0.05) is 0 Å². The Hall–Kier alpha value is -0.280. The molecule has 5 aliphatic rings. The van der Waals surface area contributed by atoms with Crippen molar-refractivity contribution in [3.05, 3.63) is 0 Å². The third-order valence-electron chi connectivity index (χ3n) is 5.04. The number of hydrogen-bond acceptors (Lipinski definition) is 7. The first kappa shape index (κ1) is 13.4. The van der Waals surface area contributed by atoms with Crippen LogP contribution in [0.3, 0.4) is 0 Å². The molecule has 1 aliphatic carbocycles. The summed E-state index contributed by atoms with van der Waals surface area (Å²) in [5.41, 5.74) is -1.51. The molecule has 5 fully saturated rings. The van der Waals surface area contributed by atoms with E-state index in [0.29, 0.717) is 6.42 Å². The molecule has 1 saturated carbocycles. The van der Waals surface area contributed by atoms with Gasteiger partial charge < -0.3 is 34.3 Å². The highest BCUT2D eigenvalue weighted by atomic mass is 16.9. The zero-order valence-corrected chi connectivity index (χ0v) is 11.6. The summed E-state index contributed by atoms with van der Waals surface area (Å²) in [7, 11) is 0. The standard InChI is InChI=1S/C13H20O7/c1-11(2)5(17-11)4-13-9(15)7-6(14)8(10(13)16)19-12(3,18-7)20-13/h5-10,14-16H,4H2,1-3H3/t5-,6?,7?,8?,9?,10?,12?,13?/m1/s1. The van der Waals surface area contributed by atoms with Crippen molar-refractivity contribution in [1.82, 2.24) is 0 Å². The molecule has 0 aromatic heterocycles. The first-order valence-electron chi connectivity index (χ1n) is 6.96. The predicted molar refractivity (Wildman–Crippen MR) is 63.6 cm³/mol. The highest BCUT2D eigenvalue weighted by Gasteiger charge is 2.74. The monoisotopic (exact) mass is 288 g/mol. The maximum atomic E-state index is 10.5. The molecule has 4 heterocycles. The lowest BCUT2D eigenvalue weighted by Gasteiger charge is -2.65. The van der Waals surface area contributed by atoms with Crippen LogP contribution in [0.5, 0.6) is 0 Å². The molecular formula is C13H20O7. The molecule has 0 radical (unpaired) electrons. The molecule has 0 aromatic carbocycles. The Balaban J connectivity index is 1.70. The van der Waals surface area contributed by atoms with Crippen LogP contribution in [0.15, 0.2) is 0 Å². The van der Waals surface area contributed by atoms with Crippen LogP contribution in [-0.2, 0) is 18.9 Å². The van der Waals surface area contributed by atoms with E-state index >= 15 is 0 Å². The number of aliphatic hydroxyl groups is 3. The van der Waals surface area contributed by atoms with Crippen molar-refractivity contribution in [2.24, 2.45) is 0 Å². The molecule has 4 unspecified atom stereocenters. The fourth-order valence-electron chi connectivity index (χ4n) is 3.79. The predicted octanol–water partition coefficient (Wildman–Crippen LogP) is -1.12. The summed E-state index contributed by atoms with van der Waals surface area (Å²) >= 11 is 0. The van der Waals surface area contributed by atoms with Crippen LogP contribution in [0.2, 0.25) is 0 Å². The molecule has 7 nitrogen and oxygen atoms in total. The van der Waals surface area contributed by atoms with Gasteiger partial charge in [-0.25, -0.2) is 0 Å². The normalized spacial score (nSPS) is 62.7. The van der Waals surface area contributed by atoms with Gasteiger partial charge >= 0.3 is 0 Å². The van der Waals surface area contributed by atoms with E-state index in [1.165, 1.54) is 0 Å². The molecule has 5 rings (SSSR count). The maximum Gasteiger partial charge on any atom is 0.281 e. The Morgan fingerprint density at radius 2 is 1.40 bits per heavy atom. The number of hydrogen-bond donors (Lipinski definition) is 3. The smallest absolute Gasteiger partial charge is 0.281 e. The van der Waals surface area contributed by atoms with Gasteiger partial charge in [0.1, 0.15) is 36.1 Å². The fraction of sp³-hybridized carbons (Fsp3) is 1.00. The van der Waals surface area contributed by atoms with E-state index in [2.05, 4.69) is 0 Å². The maximum absolute atomic E-state index is 10.5. The van der Waals surface area contributed by atoms with Crippen molar-refractivity contribution >= 4 is 0 Å². The Morgan fingerprint density at radius 3 is 1.85 bits per heavy atom. The van der Waals surface area contributed by atoms with E-state index in [9.17, 15) is 15.3 Å². The van der Waals surface area contributed by atoms with E-state index < -0.39 is 42.1 Å². The molecule has 4 aliphatic heterocycles. The summed E-state index contributed by atoms with van der Waals surface area (Å²) in [6, 6.07) is 0. The minimum absolute atomic E-state index is 0.108. The molecule has 0 spiro atoms. The second-order valence-electron chi connectivity index (χ2n) is 6.88. The molecule has 3 N–H and O–H groups in total. The Kier molecular flexibility index (Phi) is 2.37.